The fraction of sp³-hybridized carbons (Fsp3) is 0.698. The third-order valence-electron chi connectivity index (χ3n) is 8.60. The molecule has 0 aromatic heterocycles. The molecule has 264 valence electrons. The summed E-state index contributed by atoms with van der Waals surface area (Å²) < 4.78 is 1.11. The Morgan fingerprint density at radius 3 is 1.57 bits per heavy atom. The fourth-order valence-electron chi connectivity index (χ4n) is 5.78. The van der Waals surface area contributed by atoms with E-state index in [1.807, 2.05) is 0 Å². The summed E-state index contributed by atoms with van der Waals surface area (Å²) in [6.45, 7) is 6.89. The first-order valence-corrected chi connectivity index (χ1v) is 19.4. The predicted molar refractivity (Wildman–Crippen MR) is 202 cm³/mol. The average molecular weight is 638 g/mol. The van der Waals surface area contributed by atoms with Gasteiger partial charge in [-0.3, -0.25) is 0 Å². The van der Waals surface area contributed by atoms with Gasteiger partial charge in [-0.2, -0.15) is 0 Å². The second-order valence-electron chi connectivity index (χ2n) is 13.9. The van der Waals surface area contributed by atoms with Gasteiger partial charge in [0.25, 0.3) is 0 Å². The molecule has 0 aliphatic heterocycles. The molecule has 0 fully saturated rings. The average Bonchev–Trinajstić information content (AvgIpc) is 3.03. The lowest BCUT2D eigenvalue weighted by atomic mass is 10.0. The predicted octanol–water partition coefficient (Wildman–Crippen LogP) is 12.1. The third-order valence-corrected chi connectivity index (χ3v) is 8.60. The summed E-state index contributed by atoms with van der Waals surface area (Å²) in [5, 5.41) is 10.2. The molecule has 0 saturated carbocycles. The third kappa shape index (κ3) is 34.7. The number of aliphatic carboxylic acids is 1. The maximum atomic E-state index is 10.2. The van der Waals surface area contributed by atoms with Crippen LogP contribution in [0.15, 0.2) is 66.8 Å². The number of hydrogen-bond acceptors (Lipinski definition) is 2. The molecule has 0 unspecified atom stereocenters. The number of nitrogens with zero attached hydrogens (tertiary/aromatic N) is 1. The van der Waals surface area contributed by atoms with Crippen LogP contribution in [0.5, 0.6) is 0 Å². The first-order valence-electron chi connectivity index (χ1n) is 19.4. The lowest BCUT2D eigenvalue weighted by molar-refractivity contribution is -0.903. The molecule has 1 aromatic carbocycles. The van der Waals surface area contributed by atoms with Crippen LogP contribution in [-0.2, 0) is 11.3 Å². The maximum absolute atomic E-state index is 10.2. The van der Waals surface area contributed by atoms with Gasteiger partial charge < -0.3 is 14.4 Å². The van der Waals surface area contributed by atoms with Gasteiger partial charge in [0.2, 0.25) is 0 Å². The monoisotopic (exact) mass is 638 g/mol. The number of allylic oxidation sites excluding steroid dienone is 6. The van der Waals surface area contributed by atoms with Crippen molar-refractivity contribution in [1.82, 2.24) is 0 Å². The quantitative estimate of drug-likeness (QED) is 0.0478. The molecular weight excluding hydrogens is 562 g/mol. The Hall–Kier alpha value is -2.13. The smallest absolute Gasteiger partial charge is 0.104 e. The van der Waals surface area contributed by atoms with Gasteiger partial charge in [0.15, 0.2) is 0 Å². The number of carbonyl (C=O) groups excluding carboxylic acids is 1. The molecule has 0 aliphatic carbocycles. The zero-order chi connectivity index (χ0) is 33.8. The molecule has 0 N–H and O–H groups in total. The summed E-state index contributed by atoms with van der Waals surface area (Å²) in [6, 6.07) is 10.9. The largest absolute Gasteiger partial charge is 0.550 e. The second-order valence-corrected chi connectivity index (χ2v) is 13.9. The standard InChI is InChI=1S/C25H46N.C18H30O2/c1-4-5-6-7-8-9-10-11-12-13-14-15-16-20-23-26(2,3)24-25-21-18-17-19-22-25;1-2-3-4-5-6-7-8-9-10-11-12-13-14-15-16-17-18(19)20/h17-19,21-22H,4-16,20,23-24H2,1-3H3;3-4,6-7,9-10H,2,5,8,11-17H2,1H3,(H,19,20)/q+1;/p-1/b;4-3-,7-6-,10-9-. The Kier molecular flexibility index (Phi) is 32.6. The molecular formula is C43H75NO2. The molecule has 0 spiro atoms. The van der Waals surface area contributed by atoms with E-state index < -0.39 is 5.97 Å². The van der Waals surface area contributed by atoms with Crippen LogP contribution >= 0.6 is 0 Å². The van der Waals surface area contributed by atoms with E-state index in [0.29, 0.717) is 0 Å². The van der Waals surface area contributed by atoms with E-state index in [9.17, 15) is 9.90 Å². The fourth-order valence-corrected chi connectivity index (χ4v) is 5.78. The van der Waals surface area contributed by atoms with Crippen molar-refractivity contribution >= 4 is 5.97 Å². The molecule has 0 amide bonds. The van der Waals surface area contributed by atoms with E-state index in [0.717, 1.165) is 56.0 Å². The molecule has 0 saturated heterocycles. The van der Waals surface area contributed by atoms with Gasteiger partial charge in [0, 0.05) is 11.5 Å². The van der Waals surface area contributed by atoms with E-state index in [1.165, 1.54) is 115 Å². The number of hydrogen-bond donors (Lipinski definition) is 0. The lowest BCUT2D eigenvalue weighted by Gasteiger charge is -2.30. The van der Waals surface area contributed by atoms with E-state index in [-0.39, 0.29) is 6.42 Å². The van der Waals surface area contributed by atoms with Gasteiger partial charge in [-0.25, -0.2) is 0 Å². The molecule has 0 radical (unpaired) electrons. The van der Waals surface area contributed by atoms with E-state index in [4.69, 9.17) is 0 Å². The minimum Gasteiger partial charge on any atom is -0.550 e. The molecule has 1 aromatic rings. The topological polar surface area (TPSA) is 40.1 Å². The number of carboxylic acids is 1. The van der Waals surface area contributed by atoms with Crippen molar-refractivity contribution < 1.29 is 14.4 Å². The molecule has 46 heavy (non-hydrogen) atoms. The van der Waals surface area contributed by atoms with Crippen molar-refractivity contribution in [1.29, 1.82) is 0 Å². The first kappa shape index (κ1) is 43.9. The van der Waals surface area contributed by atoms with Crippen LogP contribution in [0.1, 0.15) is 174 Å². The highest BCUT2D eigenvalue weighted by atomic mass is 16.4. The van der Waals surface area contributed by atoms with Crippen molar-refractivity contribution in [2.75, 3.05) is 20.6 Å². The van der Waals surface area contributed by atoms with E-state index >= 15 is 0 Å². The SMILES string of the molecule is CC/C=C\C/C=C\C/C=C\CCCCCCCC(=O)[O-].CCCCCCCCCCCCCCCC[N+](C)(C)Cc1ccccc1. The van der Waals surface area contributed by atoms with Crippen LogP contribution in [0.4, 0.5) is 0 Å². The van der Waals surface area contributed by atoms with Gasteiger partial charge in [-0.15, -0.1) is 0 Å². The van der Waals surface area contributed by atoms with Crippen LogP contribution in [0.2, 0.25) is 0 Å². The van der Waals surface area contributed by atoms with Gasteiger partial charge in [0.05, 0.1) is 20.6 Å². The summed E-state index contributed by atoms with van der Waals surface area (Å²) in [5.74, 6) is -0.925. The van der Waals surface area contributed by atoms with Crippen LogP contribution in [0.3, 0.4) is 0 Å². The summed E-state index contributed by atoms with van der Waals surface area (Å²) in [5.41, 5.74) is 1.46. The minimum atomic E-state index is -0.925. The van der Waals surface area contributed by atoms with Crippen molar-refractivity contribution in [2.24, 2.45) is 0 Å². The lowest BCUT2D eigenvalue weighted by Crippen LogP contribution is -2.39. The summed E-state index contributed by atoms with van der Waals surface area (Å²) in [7, 11) is 4.74. The molecule has 3 heteroatoms. The van der Waals surface area contributed by atoms with Gasteiger partial charge >= 0.3 is 0 Å². The van der Waals surface area contributed by atoms with Gasteiger partial charge in [0.1, 0.15) is 6.54 Å². The zero-order valence-corrected chi connectivity index (χ0v) is 31.0. The number of carboxylic acid groups (broad SMARTS) is 1. The van der Waals surface area contributed by atoms with E-state index in [1.54, 1.807) is 0 Å². The van der Waals surface area contributed by atoms with Crippen LogP contribution in [0, 0.1) is 0 Å². The molecule has 3 nitrogen and oxygen atoms in total. The Labute approximate surface area is 287 Å². The molecule has 0 aliphatic rings. The van der Waals surface area contributed by atoms with Crippen LogP contribution in [-0.4, -0.2) is 31.1 Å². The van der Waals surface area contributed by atoms with Crippen LogP contribution in [0.25, 0.3) is 0 Å². The number of benzene rings is 1. The summed E-state index contributed by atoms with van der Waals surface area (Å²) in [4.78, 5) is 10.2. The summed E-state index contributed by atoms with van der Waals surface area (Å²) in [6.07, 6.45) is 43.2. The maximum Gasteiger partial charge on any atom is 0.104 e. The van der Waals surface area contributed by atoms with Crippen molar-refractivity contribution in [3.8, 4) is 0 Å². The number of unbranched alkanes of at least 4 members (excludes halogenated alkanes) is 18. The second kappa shape index (κ2) is 34.2. The van der Waals surface area contributed by atoms with Crippen molar-refractivity contribution in [2.45, 2.75) is 174 Å². The first-order chi connectivity index (χ1) is 22.4. The Balaban J connectivity index is 0.000000914. The Morgan fingerprint density at radius 1 is 0.587 bits per heavy atom. The Morgan fingerprint density at radius 2 is 1.04 bits per heavy atom. The number of carbonyl (C=O) groups is 1. The normalized spacial score (nSPS) is 11.9. The molecule has 0 bridgehead atoms. The van der Waals surface area contributed by atoms with Crippen LogP contribution < -0.4 is 5.11 Å². The van der Waals surface area contributed by atoms with E-state index in [2.05, 4.69) is 94.7 Å². The van der Waals surface area contributed by atoms with Gasteiger partial charge in [-0.1, -0.05) is 177 Å². The molecule has 0 heterocycles. The highest BCUT2D eigenvalue weighted by molar-refractivity contribution is 5.64. The highest BCUT2D eigenvalue weighted by Crippen LogP contribution is 2.15. The number of quaternary nitrogens is 1. The zero-order valence-electron chi connectivity index (χ0n) is 31.0. The molecule has 1 rings (SSSR count). The minimum absolute atomic E-state index is 0.208. The summed E-state index contributed by atoms with van der Waals surface area (Å²) >= 11 is 0. The van der Waals surface area contributed by atoms with Crippen molar-refractivity contribution in [3.63, 3.8) is 0 Å². The van der Waals surface area contributed by atoms with Gasteiger partial charge in [-0.05, 0) is 57.8 Å². The van der Waals surface area contributed by atoms with Crippen molar-refractivity contribution in [3.05, 3.63) is 72.4 Å². The Bertz CT molecular complexity index is 855. The number of rotatable bonds is 30. The molecule has 0 atom stereocenters. The highest BCUT2D eigenvalue weighted by Gasteiger charge is 2.14.